The number of hydrogen-bond acceptors (Lipinski definition) is 3. The van der Waals surface area contributed by atoms with Gasteiger partial charge in [-0.2, -0.15) is 0 Å². The van der Waals surface area contributed by atoms with Crippen molar-refractivity contribution in [3.05, 3.63) is 12.2 Å². The minimum Gasteiger partial charge on any atom is -0.463 e. The SMILES string of the molecule is CCOC(=O)C=CC(O)Cl. The first-order valence-corrected chi connectivity index (χ1v) is 3.27. The lowest BCUT2D eigenvalue weighted by atomic mass is 10.5. The summed E-state index contributed by atoms with van der Waals surface area (Å²) in [4.78, 5) is 10.5. The molecule has 0 spiro atoms. The van der Waals surface area contributed by atoms with Crippen molar-refractivity contribution in [3.8, 4) is 0 Å². The summed E-state index contributed by atoms with van der Waals surface area (Å²) in [5, 5.41) is 8.44. The number of carbonyl (C=O) groups excluding carboxylic acids is 1. The molecule has 0 heterocycles. The van der Waals surface area contributed by atoms with Crippen LogP contribution in [0.25, 0.3) is 0 Å². The second-order valence-electron chi connectivity index (χ2n) is 1.48. The molecule has 1 atom stereocenters. The summed E-state index contributed by atoms with van der Waals surface area (Å²) in [6, 6.07) is 0. The van der Waals surface area contributed by atoms with Crippen LogP contribution < -0.4 is 0 Å². The van der Waals surface area contributed by atoms with E-state index in [0.717, 1.165) is 12.2 Å². The lowest BCUT2D eigenvalue weighted by Gasteiger charge is -1.94. The molecule has 0 bridgehead atoms. The molecule has 4 heteroatoms. The van der Waals surface area contributed by atoms with Crippen LogP contribution in [-0.2, 0) is 9.53 Å². The minimum absolute atomic E-state index is 0.321. The number of halogens is 1. The van der Waals surface area contributed by atoms with Crippen molar-refractivity contribution in [3.63, 3.8) is 0 Å². The molecule has 1 unspecified atom stereocenters. The van der Waals surface area contributed by atoms with Crippen LogP contribution in [0, 0.1) is 0 Å². The molecule has 3 nitrogen and oxygen atoms in total. The van der Waals surface area contributed by atoms with Gasteiger partial charge >= 0.3 is 5.97 Å². The summed E-state index contributed by atoms with van der Waals surface area (Å²) in [7, 11) is 0. The zero-order valence-electron chi connectivity index (χ0n) is 5.58. The molecule has 0 saturated carbocycles. The predicted molar refractivity (Wildman–Crippen MR) is 37.6 cm³/mol. The molecule has 0 rings (SSSR count). The van der Waals surface area contributed by atoms with Crippen LogP contribution in [0.1, 0.15) is 6.92 Å². The van der Waals surface area contributed by atoms with Gasteiger partial charge in [0.05, 0.1) is 6.61 Å². The van der Waals surface area contributed by atoms with Gasteiger partial charge in [-0.15, -0.1) is 0 Å². The third-order valence-electron chi connectivity index (χ3n) is 0.678. The van der Waals surface area contributed by atoms with Gasteiger partial charge in [-0.1, -0.05) is 11.6 Å². The number of rotatable bonds is 3. The summed E-state index contributed by atoms with van der Waals surface area (Å²) in [6.45, 7) is 2.02. The Bertz CT molecular complexity index is 131. The van der Waals surface area contributed by atoms with E-state index in [1.807, 2.05) is 0 Å². The molecule has 0 amide bonds. The first-order chi connectivity index (χ1) is 4.66. The fourth-order valence-electron chi connectivity index (χ4n) is 0.348. The zero-order chi connectivity index (χ0) is 7.98. The molecule has 0 aliphatic heterocycles. The van der Waals surface area contributed by atoms with E-state index in [2.05, 4.69) is 4.74 Å². The van der Waals surface area contributed by atoms with E-state index >= 15 is 0 Å². The maximum absolute atomic E-state index is 10.5. The van der Waals surface area contributed by atoms with Crippen LogP contribution in [0.3, 0.4) is 0 Å². The normalized spacial score (nSPS) is 13.5. The largest absolute Gasteiger partial charge is 0.463 e. The van der Waals surface area contributed by atoms with Gasteiger partial charge in [-0.25, -0.2) is 4.79 Å². The molecule has 0 aromatic carbocycles. The molecule has 0 fully saturated rings. The number of aliphatic hydroxyl groups is 1. The Hall–Kier alpha value is -0.540. The molecule has 58 valence electrons. The van der Waals surface area contributed by atoms with Gasteiger partial charge < -0.3 is 9.84 Å². The van der Waals surface area contributed by atoms with Crippen molar-refractivity contribution in [1.82, 2.24) is 0 Å². The molecule has 0 radical (unpaired) electrons. The zero-order valence-corrected chi connectivity index (χ0v) is 6.34. The van der Waals surface area contributed by atoms with Crippen LogP contribution in [0.15, 0.2) is 12.2 Å². The quantitative estimate of drug-likeness (QED) is 0.379. The number of carbonyl (C=O) groups is 1. The van der Waals surface area contributed by atoms with Crippen molar-refractivity contribution in [2.45, 2.75) is 12.5 Å². The van der Waals surface area contributed by atoms with Crippen molar-refractivity contribution in [2.24, 2.45) is 0 Å². The topological polar surface area (TPSA) is 46.5 Å². The van der Waals surface area contributed by atoms with Crippen LogP contribution in [0.4, 0.5) is 0 Å². The molecule has 10 heavy (non-hydrogen) atoms. The first-order valence-electron chi connectivity index (χ1n) is 2.84. The van der Waals surface area contributed by atoms with Crippen molar-refractivity contribution >= 4 is 17.6 Å². The van der Waals surface area contributed by atoms with Crippen LogP contribution in [0.2, 0.25) is 0 Å². The minimum atomic E-state index is -1.12. The van der Waals surface area contributed by atoms with E-state index in [4.69, 9.17) is 16.7 Å². The molecule has 0 saturated heterocycles. The third kappa shape index (κ3) is 5.59. The fourth-order valence-corrected chi connectivity index (χ4v) is 0.421. The molecule has 0 aliphatic rings. The van der Waals surface area contributed by atoms with Gasteiger partial charge in [0.25, 0.3) is 0 Å². The average molecular weight is 165 g/mol. The van der Waals surface area contributed by atoms with Gasteiger partial charge in [0.15, 0.2) is 0 Å². The van der Waals surface area contributed by atoms with E-state index in [-0.39, 0.29) is 0 Å². The number of esters is 1. The molecule has 0 aliphatic carbocycles. The summed E-state index contributed by atoms with van der Waals surface area (Å²) >= 11 is 5.08. The van der Waals surface area contributed by atoms with Gasteiger partial charge in [0.2, 0.25) is 0 Å². The van der Waals surface area contributed by atoms with Crippen LogP contribution >= 0.6 is 11.6 Å². The average Bonchev–Trinajstić information content (AvgIpc) is 1.85. The van der Waals surface area contributed by atoms with E-state index in [1.165, 1.54) is 0 Å². The van der Waals surface area contributed by atoms with Crippen molar-refractivity contribution in [1.29, 1.82) is 0 Å². The first kappa shape index (κ1) is 9.46. The van der Waals surface area contributed by atoms with Crippen LogP contribution in [0.5, 0.6) is 0 Å². The second-order valence-corrected chi connectivity index (χ2v) is 1.93. The highest BCUT2D eigenvalue weighted by Crippen LogP contribution is 1.91. The van der Waals surface area contributed by atoms with E-state index in [0.29, 0.717) is 6.61 Å². The van der Waals surface area contributed by atoms with E-state index in [9.17, 15) is 4.79 Å². The van der Waals surface area contributed by atoms with E-state index in [1.54, 1.807) is 6.92 Å². The Morgan fingerprint density at radius 2 is 2.50 bits per heavy atom. The lowest BCUT2D eigenvalue weighted by molar-refractivity contribution is -0.137. The Morgan fingerprint density at radius 3 is 2.90 bits per heavy atom. The Kier molecular flexibility index (Phi) is 4.98. The van der Waals surface area contributed by atoms with Gasteiger partial charge in [-0.3, -0.25) is 0 Å². The summed E-state index contributed by atoms with van der Waals surface area (Å²) in [5.41, 5.74) is -1.12. The molecular formula is C6H9ClO3. The van der Waals surface area contributed by atoms with Gasteiger partial charge in [-0.05, 0) is 13.0 Å². The summed E-state index contributed by atoms with van der Waals surface area (Å²) < 4.78 is 4.50. The smallest absolute Gasteiger partial charge is 0.330 e. The number of ether oxygens (including phenoxy) is 1. The highest BCUT2D eigenvalue weighted by Gasteiger charge is 1.94. The maximum Gasteiger partial charge on any atom is 0.330 e. The fraction of sp³-hybridized carbons (Fsp3) is 0.500. The second kappa shape index (κ2) is 5.26. The number of aliphatic hydroxyl groups excluding tert-OH is 1. The predicted octanol–water partition coefficient (Wildman–Crippen LogP) is 0.663. The monoisotopic (exact) mass is 164 g/mol. The Balaban J connectivity index is 3.56. The Labute approximate surface area is 64.2 Å². The van der Waals surface area contributed by atoms with E-state index < -0.39 is 11.5 Å². The van der Waals surface area contributed by atoms with Crippen LogP contribution in [-0.4, -0.2) is 23.2 Å². The van der Waals surface area contributed by atoms with Crippen molar-refractivity contribution in [2.75, 3.05) is 6.61 Å². The maximum atomic E-state index is 10.5. The lowest BCUT2D eigenvalue weighted by Crippen LogP contribution is -2.00. The van der Waals surface area contributed by atoms with Gasteiger partial charge in [0, 0.05) is 6.08 Å². The summed E-state index contributed by atoms with van der Waals surface area (Å²) in [5.74, 6) is -0.498. The van der Waals surface area contributed by atoms with Gasteiger partial charge in [0.1, 0.15) is 5.56 Å². The highest BCUT2D eigenvalue weighted by atomic mass is 35.5. The molecule has 1 N–H and O–H groups in total. The molecular weight excluding hydrogens is 156 g/mol. The standard InChI is InChI=1S/C6H9ClO3/c1-2-10-6(9)4-3-5(7)8/h3-5,8H,2H2,1H3. The highest BCUT2D eigenvalue weighted by molar-refractivity contribution is 6.20. The third-order valence-corrected chi connectivity index (χ3v) is 0.823. The van der Waals surface area contributed by atoms with Crippen molar-refractivity contribution < 1.29 is 14.6 Å². The Morgan fingerprint density at radius 1 is 1.90 bits per heavy atom. The molecule has 0 aromatic rings. The summed E-state index contributed by atoms with van der Waals surface area (Å²) in [6.07, 6.45) is 2.22. The number of alkyl halides is 1. The molecule has 0 aromatic heterocycles. The number of hydrogen-bond donors (Lipinski definition) is 1.